The number of nitrogens with zero attached hydrogens (tertiary/aromatic N) is 7. The van der Waals surface area contributed by atoms with E-state index in [2.05, 4.69) is 50.3 Å². The van der Waals surface area contributed by atoms with E-state index in [0.29, 0.717) is 16.3 Å². The maximum atomic E-state index is 9.90. The number of piperazine rings is 1. The minimum absolute atomic E-state index is 0.452. The van der Waals surface area contributed by atoms with Gasteiger partial charge in [0, 0.05) is 86.1 Å². The highest BCUT2D eigenvalue weighted by atomic mass is 35.5. The van der Waals surface area contributed by atoms with Gasteiger partial charge in [-0.15, -0.1) is 0 Å². The quantitative estimate of drug-likeness (QED) is 0.244. The van der Waals surface area contributed by atoms with Crippen LogP contribution in [0.4, 0.5) is 11.4 Å². The van der Waals surface area contributed by atoms with Crippen molar-refractivity contribution in [1.82, 2.24) is 29.3 Å². The fourth-order valence-electron chi connectivity index (χ4n) is 4.88. The second kappa shape index (κ2) is 11.9. The SMILES string of the molecule is CN1CCN(Cc2ccc(-c3ccc4ncc(C#N)c(Nc5ccc(Sc6nccn6C)c(Cl)c5)c4c3)nc2)CC1. The van der Waals surface area contributed by atoms with E-state index in [-0.39, 0.29) is 0 Å². The average molecular weight is 581 g/mol. The topological polar surface area (TPSA) is 85.9 Å². The second-order valence-electron chi connectivity index (χ2n) is 10.2. The Bertz CT molecular complexity index is 1740. The van der Waals surface area contributed by atoms with Crippen LogP contribution < -0.4 is 5.32 Å². The molecule has 0 atom stereocenters. The lowest BCUT2D eigenvalue weighted by atomic mass is 10.0. The molecular formula is C31H29ClN8S. The number of hydrogen-bond acceptors (Lipinski definition) is 8. The molecule has 0 unspecified atom stereocenters. The van der Waals surface area contributed by atoms with Crippen molar-refractivity contribution in [1.29, 1.82) is 5.26 Å². The van der Waals surface area contributed by atoms with Crippen LogP contribution in [-0.2, 0) is 13.6 Å². The highest BCUT2D eigenvalue weighted by Gasteiger charge is 2.15. The molecule has 0 saturated carbocycles. The maximum Gasteiger partial charge on any atom is 0.172 e. The Labute approximate surface area is 248 Å². The summed E-state index contributed by atoms with van der Waals surface area (Å²) in [6.07, 6.45) is 7.23. The van der Waals surface area contributed by atoms with Crippen LogP contribution in [0, 0.1) is 11.3 Å². The van der Waals surface area contributed by atoms with Crippen molar-refractivity contribution < 1.29 is 0 Å². The molecule has 0 bridgehead atoms. The molecule has 5 aromatic rings. The number of halogens is 1. The maximum absolute atomic E-state index is 9.90. The molecule has 0 spiro atoms. The van der Waals surface area contributed by atoms with Gasteiger partial charge < -0.3 is 14.8 Å². The predicted octanol–water partition coefficient (Wildman–Crippen LogP) is 6.20. The van der Waals surface area contributed by atoms with E-state index in [9.17, 15) is 5.26 Å². The molecule has 41 heavy (non-hydrogen) atoms. The highest BCUT2D eigenvalue weighted by Crippen LogP contribution is 2.36. The molecule has 0 amide bonds. The lowest BCUT2D eigenvalue weighted by Gasteiger charge is -2.32. The fourth-order valence-corrected chi connectivity index (χ4v) is 5.98. The Balaban J connectivity index is 1.26. The smallest absolute Gasteiger partial charge is 0.172 e. The second-order valence-corrected chi connectivity index (χ2v) is 11.6. The van der Waals surface area contributed by atoms with E-state index in [1.807, 2.05) is 60.4 Å². The van der Waals surface area contributed by atoms with Crippen LogP contribution in [0.3, 0.4) is 0 Å². The number of hydrogen-bond donors (Lipinski definition) is 1. The van der Waals surface area contributed by atoms with Gasteiger partial charge in [0.25, 0.3) is 0 Å². The fraction of sp³-hybridized carbons (Fsp3) is 0.226. The van der Waals surface area contributed by atoms with Gasteiger partial charge in [-0.3, -0.25) is 14.9 Å². The molecule has 1 saturated heterocycles. The molecule has 1 aliphatic heterocycles. The number of pyridine rings is 2. The van der Waals surface area contributed by atoms with Crippen molar-refractivity contribution in [2.45, 2.75) is 16.6 Å². The molecule has 1 aliphatic rings. The first-order chi connectivity index (χ1) is 20.0. The summed E-state index contributed by atoms with van der Waals surface area (Å²) in [5.74, 6) is 0. The normalized spacial score (nSPS) is 14.3. The number of aromatic nitrogens is 4. The monoisotopic (exact) mass is 580 g/mol. The van der Waals surface area contributed by atoms with Gasteiger partial charge in [-0.05, 0) is 49.0 Å². The number of fused-ring (bicyclic) bond motifs is 1. The lowest BCUT2D eigenvalue weighted by molar-refractivity contribution is 0.148. The van der Waals surface area contributed by atoms with Gasteiger partial charge in [0.15, 0.2) is 5.16 Å². The summed E-state index contributed by atoms with van der Waals surface area (Å²) >= 11 is 8.16. The Hall–Kier alpha value is -3.94. The molecule has 0 aliphatic carbocycles. The lowest BCUT2D eigenvalue weighted by Crippen LogP contribution is -2.43. The summed E-state index contributed by atoms with van der Waals surface area (Å²) < 4.78 is 1.95. The van der Waals surface area contributed by atoms with E-state index < -0.39 is 0 Å². The van der Waals surface area contributed by atoms with E-state index in [0.717, 1.165) is 70.6 Å². The van der Waals surface area contributed by atoms with Crippen molar-refractivity contribution in [3.8, 4) is 17.3 Å². The largest absolute Gasteiger partial charge is 0.354 e. The van der Waals surface area contributed by atoms with Crippen LogP contribution in [0.1, 0.15) is 11.1 Å². The van der Waals surface area contributed by atoms with Crippen molar-refractivity contribution in [2.75, 3.05) is 38.5 Å². The van der Waals surface area contributed by atoms with Crippen LogP contribution >= 0.6 is 23.4 Å². The first kappa shape index (κ1) is 27.2. The van der Waals surface area contributed by atoms with Gasteiger partial charge >= 0.3 is 0 Å². The molecule has 6 rings (SSSR count). The van der Waals surface area contributed by atoms with Crippen LogP contribution in [0.5, 0.6) is 0 Å². The number of aryl methyl sites for hydroxylation is 1. The highest BCUT2D eigenvalue weighted by molar-refractivity contribution is 7.99. The Morgan fingerprint density at radius 2 is 1.83 bits per heavy atom. The summed E-state index contributed by atoms with van der Waals surface area (Å²) in [5, 5.41) is 15.6. The van der Waals surface area contributed by atoms with E-state index in [4.69, 9.17) is 16.6 Å². The van der Waals surface area contributed by atoms with E-state index in [1.54, 1.807) is 12.4 Å². The number of nitrogens with one attached hydrogen (secondary N) is 1. The predicted molar refractivity (Wildman–Crippen MR) is 165 cm³/mol. The van der Waals surface area contributed by atoms with Crippen molar-refractivity contribution in [3.05, 3.63) is 89.5 Å². The zero-order valence-electron chi connectivity index (χ0n) is 22.9. The number of imidazole rings is 1. The molecule has 8 nitrogen and oxygen atoms in total. The number of nitriles is 1. The summed E-state index contributed by atoms with van der Waals surface area (Å²) in [7, 11) is 4.12. The number of anilines is 2. The zero-order valence-corrected chi connectivity index (χ0v) is 24.5. The van der Waals surface area contributed by atoms with Gasteiger partial charge in [0.05, 0.1) is 27.5 Å². The first-order valence-corrected chi connectivity index (χ1v) is 14.6. The third-order valence-corrected chi connectivity index (χ3v) is 8.87. The third-order valence-electron chi connectivity index (χ3n) is 7.29. The molecular weight excluding hydrogens is 552 g/mol. The van der Waals surface area contributed by atoms with E-state index in [1.165, 1.54) is 17.3 Å². The Morgan fingerprint density at radius 3 is 2.54 bits per heavy atom. The molecule has 1 fully saturated rings. The summed E-state index contributed by atoms with van der Waals surface area (Å²) in [6, 6.07) is 18.3. The number of likely N-dealkylation sites (N-methyl/N-ethyl adjacent to an activating group) is 1. The van der Waals surface area contributed by atoms with E-state index >= 15 is 0 Å². The van der Waals surface area contributed by atoms with Crippen LogP contribution in [-0.4, -0.2) is 62.5 Å². The Kier molecular flexibility index (Phi) is 7.90. The third kappa shape index (κ3) is 6.06. The molecule has 3 aromatic heterocycles. The zero-order chi connectivity index (χ0) is 28.3. The summed E-state index contributed by atoms with van der Waals surface area (Å²) in [6.45, 7) is 5.24. The van der Waals surface area contributed by atoms with Gasteiger partial charge in [-0.1, -0.05) is 35.5 Å². The van der Waals surface area contributed by atoms with Crippen molar-refractivity contribution in [3.63, 3.8) is 0 Å². The average Bonchev–Trinajstić information content (AvgIpc) is 3.40. The van der Waals surface area contributed by atoms with Gasteiger partial charge in [0.1, 0.15) is 6.07 Å². The molecule has 0 radical (unpaired) electrons. The molecule has 206 valence electrons. The van der Waals surface area contributed by atoms with Crippen LogP contribution in [0.15, 0.2) is 83.4 Å². The molecule has 4 heterocycles. The number of rotatable bonds is 7. The van der Waals surface area contributed by atoms with Crippen LogP contribution in [0.25, 0.3) is 22.2 Å². The van der Waals surface area contributed by atoms with Gasteiger partial charge in [-0.2, -0.15) is 5.26 Å². The van der Waals surface area contributed by atoms with Crippen molar-refractivity contribution >= 4 is 45.6 Å². The minimum Gasteiger partial charge on any atom is -0.354 e. The molecule has 1 N–H and O–H groups in total. The Morgan fingerprint density at radius 1 is 0.976 bits per heavy atom. The number of benzene rings is 2. The minimum atomic E-state index is 0.452. The molecule has 2 aromatic carbocycles. The van der Waals surface area contributed by atoms with Gasteiger partial charge in [0.2, 0.25) is 0 Å². The standard InChI is InChI=1S/C31H29ClN8S/c1-38-11-13-40(14-12-38)20-21-3-6-27(35-18-21)22-4-7-28-25(15-22)30(23(17-33)19-36-28)37-24-5-8-29(26(32)16-24)41-31-34-9-10-39(31)2/h3-10,15-16,18-19H,11-14,20H2,1-2H3,(H,36,37). The summed E-state index contributed by atoms with van der Waals surface area (Å²) in [5.41, 5.74) is 5.75. The first-order valence-electron chi connectivity index (χ1n) is 13.4. The molecule has 10 heteroatoms. The van der Waals surface area contributed by atoms with Gasteiger partial charge in [-0.25, -0.2) is 4.98 Å². The van der Waals surface area contributed by atoms with Crippen LogP contribution in [0.2, 0.25) is 5.02 Å². The summed E-state index contributed by atoms with van der Waals surface area (Å²) in [4.78, 5) is 19.4. The van der Waals surface area contributed by atoms with Crippen molar-refractivity contribution in [2.24, 2.45) is 7.05 Å².